The fourth-order valence-electron chi connectivity index (χ4n) is 5.38. The number of ketones is 1. The van der Waals surface area contributed by atoms with E-state index >= 15 is 0 Å². The minimum absolute atomic E-state index is 0.0564. The van der Waals surface area contributed by atoms with Gasteiger partial charge >= 0.3 is 0 Å². The third kappa shape index (κ3) is 2.98. The number of hydrogen-bond donors (Lipinski definition) is 0. The second-order valence-electron chi connectivity index (χ2n) is 8.33. The first-order chi connectivity index (χ1) is 14.6. The number of carbonyl (C=O) groups excluding carboxylic acids is 3. The molecule has 0 spiro atoms. The van der Waals surface area contributed by atoms with Crippen LogP contribution in [0.1, 0.15) is 29.6 Å². The summed E-state index contributed by atoms with van der Waals surface area (Å²) in [6.45, 7) is -0.110. The van der Waals surface area contributed by atoms with E-state index in [2.05, 4.69) is 0 Å². The van der Waals surface area contributed by atoms with Crippen molar-refractivity contribution < 1.29 is 23.9 Å². The molecule has 3 fully saturated rings. The van der Waals surface area contributed by atoms with Crippen molar-refractivity contribution in [2.75, 3.05) is 18.6 Å². The molecule has 1 aliphatic heterocycles. The van der Waals surface area contributed by atoms with E-state index in [9.17, 15) is 14.4 Å². The molecule has 6 nitrogen and oxygen atoms in total. The Morgan fingerprint density at radius 3 is 2.27 bits per heavy atom. The van der Waals surface area contributed by atoms with Gasteiger partial charge in [-0.2, -0.15) is 0 Å². The molecule has 3 aliphatic rings. The topological polar surface area (TPSA) is 72.9 Å². The Kier molecular flexibility index (Phi) is 4.57. The number of imide groups is 1. The first kappa shape index (κ1) is 18.9. The molecule has 1 saturated heterocycles. The lowest BCUT2D eigenvalue weighted by Crippen LogP contribution is -2.32. The summed E-state index contributed by atoms with van der Waals surface area (Å²) in [5.41, 5.74) is 1.09. The van der Waals surface area contributed by atoms with Gasteiger partial charge in [-0.25, -0.2) is 0 Å². The Morgan fingerprint density at radius 2 is 1.63 bits per heavy atom. The first-order valence-corrected chi connectivity index (χ1v) is 10.3. The monoisotopic (exact) mass is 405 g/mol. The van der Waals surface area contributed by atoms with Crippen molar-refractivity contribution in [3.05, 3.63) is 54.1 Å². The predicted molar refractivity (Wildman–Crippen MR) is 110 cm³/mol. The van der Waals surface area contributed by atoms with E-state index in [4.69, 9.17) is 9.47 Å². The zero-order valence-electron chi connectivity index (χ0n) is 16.7. The Hall–Kier alpha value is -3.15. The molecule has 2 amide bonds. The first-order valence-electron chi connectivity index (χ1n) is 10.3. The van der Waals surface area contributed by atoms with Gasteiger partial charge in [-0.15, -0.1) is 0 Å². The molecule has 30 heavy (non-hydrogen) atoms. The summed E-state index contributed by atoms with van der Waals surface area (Å²) in [4.78, 5) is 39.5. The molecule has 1 heterocycles. The number of carbonyl (C=O) groups is 3. The van der Waals surface area contributed by atoms with Crippen LogP contribution in [0.2, 0.25) is 0 Å². The molecule has 0 N–H and O–H groups in total. The van der Waals surface area contributed by atoms with Crippen LogP contribution in [-0.2, 0) is 9.59 Å². The number of rotatable bonds is 6. The van der Waals surface area contributed by atoms with Crippen molar-refractivity contribution in [3.63, 3.8) is 0 Å². The highest BCUT2D eigenvalue weighted by Gasteiger charge is 2.61. The van der Waals surface area contributed by atoms with E-state index in [1.165, 1.54) is 4.90 Å². The minimum Gasteiger partial charge on any atom is -0.497 e. The van der Waals surface area contributed by atoms with Crippen LogP contribution in [0, 0.1) is 23.7 Å². The summed E-state index contributed by atoms with van der Waals surface area (Å²) >= 11 is 0. The van der Waals surface area contributed by atoms with Crippen LogP contribution in [0.3, 0.4) is 0 Å². The summed E-state index contributed by atoms with van der Waals surface area (Å²) in [6.07, 6.45) is 3.15. The number of benzene rings is 2. The predicted octanol–water partition coefficient (Wildman–Crippen LogP) is 3.49. The van der Waals surface area contributed by atoms with Crippen molar-refractivity contribution in [3.8, 4) is 11.5 Å². The van der Waals surface area contributed by atoms with Crippen molar-refractivity contribution >= 4 is 23.3 Å². The maximum absolute atomic E-state index is 12.9. The molecule has 4 atom stereocenters. The summed E-state index contributed by atoms with van der Waals surface area (Å²) in [5, 5.41) is 0. The van der Waals surface area contributed by atoms with E-state index in [1.54, 1.807) is 55.6 Å². The fraction of sp³-hybridized carbons (Fsp3) is 0.375. The van der Waals surface area contributed by atoms with E-state index in [1.807, 2.05) is 0 Å². The standard InChI is InChI=1S/C24H23NO5/c1-29-19-4-2-3-14(12-19)20(26)13-30-18-9-7-17(8-10-18)25-23(27)21-15-5-6-16(11-15)22(21)24(25)28/h2-4,7-10,12,15-16,21-22H,5-6,11,13H2,1H3/t15-,16-,21-,22-/m0/s1. The van der Waals surface area contributed by atoms with Crippen molar-refractivity contribution in [1.29, 1.82) is 0 Å². The number of methoxy groups -OCH3 is 1. The van der Waals surface area contributed by atoms with Gasteiger partial charge in [0.25, 0.3) is 0 Å². The molecule has 0 aromatic heterocycles. The van der Waals surface area contributed by atoms with Crippen LogP contribution in [0.4, 0.5) is 5.69 Å². The number of nitrogens with zero attached hydrogens (tertiary/aromatic N) is 1. The second-order valence-corrected chi connectivity index (χ2v) is 8.33. The lowest BCUT2D eigenvalue weighted by Gasteiger charge is -2.19. The van der Waals surface area contributed by atoms with Crippen LogP contribution >= 0.6 is 0 Å². The van der Waals surface area contributed by atoms with E-state index in [0.717, 1.165) is 19.3 Å². The third-order valence-electron chi connectivity index (χ3n) is 6.78. The average molecular weight is 405 g/mol. The molecule has 2 saturated carbocycles. The number of anilines is 1. The zero-order valence-corrected chi connectivity index (χ0v) is 16.7. The number of ether oxygens (including phenoxy) is 2. The zero-order chi connectivity index (χ0) is 20.8. The van der Waals surface area contributed by atoms with Crippen LogP contribution in [0.15, 0.2) is 48.5 Å². The van der Waals surface area contributed by atoms with Gasteiger partial charge in [0.1, 0.15) is 11.5 Å². The highest BCUT2D eigenvalue weighted by molar-refractivity contribution is 6.22. The smallest absolute Gasteiger partial charge is 0.237 e. The number of Topliss-reactive ketones (excluding diaryl/α,β-unsaturated/α-hetero) is 1. The summed E-state index contributed by atoms with van der Waals surface area (Å²) < 4.78 is 10.7. The van der Waals surface area contributed by atoms with Gasteiger partial charge in [0.2, 0.25) is 11.8 Å². The molecular weight excluding hydrogens is 382 g/mol. The molecule has 2 bridgehead atoms. The quantitative estimate of drug-likeness (QED) is 0.543. The third-order valence-corrected chi connectivity index (χ3v) is 6.78. The molecule has 2 aromatic rings. The van der Waals surface area contributed by atoms with E-state index in [-0.39, 0.29) is 36.0 Å². The lowest BCUT2D eigenvalue weighted by atomic mass is 9.81. The molecular formula is C24H23NO5. The minimum atomic E-state index is -0.161. The summed E-state index contributed by atoms with van der Waals surface area (Å²) in [6, 6.07) is 13.7. The summed E-state index contributed by atoms with van der Waals surface area (Å²) in [5.74, 6) is 1.32. The normalized spacial score (nSPS) is 26.8. The van der Waals surface area contributed by atoms with Crippen molar-refractivity contribution in [2.24, 2.45) is 23.7 Å². The molecule has 2 aromatic carbocycles. The van der Waals surface area contributed by atoms with Gasteiger partial charge in [-0.1, -0.05) is 12.1 Å². The molecule has 0 unspecified atom stereocenters. The van der Waals surface area contributed by atoms with Crippen molar-refractivity contribution in [1.82, 2.24) is 0 Å². The number of fused-ring (bicyclic) bond motifs is 5. The Bertz CT molecular complexity index is 987. The van der Waals surface area contributed by atoms with Crippen LogP contribution in [0.25, 0.3) is 0 Å². The fourth-order valence-corrected chi connectivity index (χ4v) is 5.38. The SMILES string of the molecule is COc1cccc(C(=O)COc2ccc(N3C(=O)[C@H]4[C@H]5CC[C@@H](C5)[C@@H]4C3=O)cc2)c1. The van der Waals surface area contributed by atoms with E-state index < -0.39 is 0 Å². The maximum atomic E-state index is 12.9. The molecule has 154 valence electrons. The van der Waals surface area contributed by atoms with Gasteiger partial charge in [0, 0.05) is 5.56 Å². The van der Waals surface area contributed by atoms with Gasteiger partial charge in [0.05, 0.1) is 24.6 Å². The second kappa shape index (κ2) is 7.27. The molecule has 2 aliphatic carbocycles. The highest BCUT2D eigenvalue weighted by atomic mass is 16.5. The molecule has 6 heteroatoms. The Labute approximate surface area is 174 Å². The van der Waals surface area contributed by atoms with Crippen LogP contribution in [-0.4, -0.2) is 31.3 Å². The van der Waals surface area contributed by atoms with Gasteiger partial charge in [-0.3, -0.25) is 19.3 Å². The summed E-state index contributed by atoms with van der Waals surface area (Å²) in [7, 11) is 1.55. The van der Waals surface area contributed by atoms with Crippen LogP contribution in [0.5, 0.6) is 11.5 Å². The lowest BCUT2D eigenvalue weighted by molar-refractivity contribution is -0.123. The van der Waals surface area contributed by atoms with Gasteiger partial charge in [0.15, 0.2) is 12.4 Å². The Balaban J connectivity index is 1.25. The number of hydrogen-bond acceptors (Lipinski definition) is 5. The van der Waals surface area contributed by atoms with E-state index in [0.29, 0.717) is 34.6 Å². The van der Waals surface area contributed by atoms with Crippen molar-refractivity contribution in [2.45, 2.75) is 19.3 Å². The highest BCUT2D eigenvalue weighted by Crippen LogP contribution is 2.56. The number of amides is 2. The van der Waals surface area contributed by atoms with Gasteiger partial charge in [-0.05, 0) is 67.5 Å². The molecule has 5 rings (SSSR count). The molecule has 0 radical (unpaired) electrons. The average Bonchev–Trinajstić information content (AvgIpc) is 3.46. The maximum Gasteiger partial charge on any atom is 0.237 e. The largest absolute Gasteiger partial charge is 0.497 e. The van der Waals surface area contributed by atoms with Gasteiger partial charge < -0.3 is 9.47 Å². The van der Waals surface area contributed by atoms with Crippen LogP contribution < -0.4 is 14.4 Å². The Morgan fingerprint density at radius 1 is 0.967 bits per heavy atom.